The van der Waals surface area contributed by atoms with E-state index < -0.39 is 5.82 Å². The fourth-order valence-electron chi connectivity index (χ4n) is 4.78. The van der Waals surface area contributed by atoms with Crippen molar-refractivity contribution in [1.29, 1.82) is 0 Å². The van der Waals surface area contributed by atoms with E-state index in [4.69, 9.17) is 9.84 Å². The number of pyridine rings is 3. The van der Waals surface area contributed by atoms with Gasteiger partial charge in [0.25, 0.3) is 0 Å². The van der Waals surface area contributed by atoms with Gasteiger partial charge in [-0.3, -0.25) is 9.97 Å². The van der Waals surface area contributed by atoms with Gasteiger partial charge in [-0.1, -0.05) is 0 Å². The van der Waals surface area contributed by atoms with Crippen LogP contribution < -0.4 is 9.64 Å². The second-order valence-corrected chi connectivity index (χ2v) is 8.53. The standard InChI is InChI=1S/C26H22FN7O2/c1-36-26-19(12-17(27)13-31-26)21-3-2-10-33(21)25-5-4-24-30-14-22(34(24)32-25)20-11-16(6-9-29-20)18-7-8-28-15-23(18)35/h4-9,11-15,21,35H,2-3,10H2,1H3/t21-/m1/s1. The Bertz CT molecular complexity index is 1570. The van der Waals surface area contributed by atoms with Crippen LogP contribution in [0, 0.1) is 5.82 Å². The van der Waals surface area contributed by atoms with Gasteiger partial charge in [-0.05, 0) is 54.8 Å². The first-order valence-electron chi connectivity index (χ1n) is 11.5. The number of hydrogen-bond donors (Lipinski definition) is 1. The molecule has 1 atom stereocenters. The number of imidazole rings is 1. The van der Waals surface area contributed by atoms with Crippen molar-refractivity contribution in [2.24, 2.45) is 0 Å². The van der Waals surface area contributed by atoms with Crippen LogP contribution >= 0.6 is 0 Å². The van der Waals surface area contributed by atoms with Crippen molar-refractivity contribution in [3.8, 4) is 34.1 Å². The van der Waals surface area contributed by atoms with Crippen LogP contribution in [0.2, 0.25) is 0 Å². The van der Waals surface area contributed by atoms with E-state index in [1.54, 1.807) is 29.2 Å². The lowest BCUT2D eigenvalue weighted by atomic mass is 10.1. The van der Waals surface area contributed by atoms with Gasteiger partial charge in [0.05, 0.1) is 37.4 Å². The molecule has 36 heavy (non-hydrogen) atoms. The molecule has 0 aliphatic carbocycles. The lowest BCUT2D eigenvalue weighted by Crippen LogP contribution is -2.25. The SMILES string of the molecule is COc1ncc(F)cc1[C@H]1CCCN1c1ccc2ncc(-c3cc(-c4ccncc4O)ccn3)n2n1. The molecule has 9 nitrogen and oxygen atoms in total. The molecule has 0 amide bonds. The van der Waals surface area contributed by atoms with E-state index in [1.807, 2.05) is 24.3 Å². The molecule has 1 aliphatic rings. The number of halogens is 1. The Balaban J connectivity index is 1.40. The van der Waals surface area contributed by atoms with Gasteiger partial charge in [0.2, 0.25) is 5.88 Å². The molecule has 1 aliphatic heterocycles. The van der Waals surface area contributed by atoms with Gasteiger partial charge in [-0.15, -0.1) is 5.10 Å². The topological polar surface area (TPSA) is 102 Å². The molecule has 0 saturated carbocycles. The molecule has 1 saturated heterocycles. The Morgan fingerprint density at radius 1 is 1.03 bits per heavy atom. The van der Waals surface area contributed by atoms with Crippen molar-refractivity contribution >= 4 is 11.5 Å². The molecule has 0 spiro atoms. The van der Waals surface area contributed by atoms with E-state index in [9.17, 15) is 9.50 Å². The molecule has 1 fully saturated rings. The van der Waals surface area contributed by atoms with Crippen LogP contribution in [0.25, 0.3) is 28.2 Å². The number of fused-ring (bicyclic) bond motifs is 1. The van der Waals surface area contributed by atoms with Gasteiger partial charge in [-0.25, -0.2) is 18.9 Å². The average Bonchev–Trinajstić information content (AvgIpc) is 3.56. The predicted molar refractivity (Wildman–Crippen MR) is 131 cm³/mol. The van der Waals surface area contributed by atoms with Gasteiger partial charge in [0.15, 0.2) is 5.65 Å². The van der Waals surface area contributed by atoms with Crippen LogP contribution in [-0.2, 0) is 0 Å². The zero-order chi connectivity index (χ0) is 24.6. The van der Waals surface area contributed by atoms with E-state index in [2.05, 4.69) is 24.8 Å². The first-order chi connectivity index (χ1) is 17.6. The zero-order valence-electron chi connectivity index (χ0n) is 19.4. The molecular formula is C26H22FN7O2. The van der Waals surface area contributed by atoms with Crippen molar-refractivity contribution in [3.05, 3.63) is 78.8 Å². The lowest BCUT2D eigenvalue weighted by Gasteiger charge is -2.26. The summed E-state index contributed by atoms with van der Waals surface area (Å²) in [4.78, 5) is 19.2. The fourth-order valence-corrected chi connectivity index (χ4v) is 4.78. The Morgan fingerprint density at radius 2 is 1.94 bits per heavy atom. The van der Waals surface area contributed by atoms with E-state index in [0.717, 1.165) is 37.0 Å². The second-order valence-electron chi connectivity index (χ2n) is 8.53. The summed E-state index contributed by atoms with van der Waals surface area (Å²) in [5, 5.41) is 15.1. The maximum Gasteiger partial charge on any atom is 0.218 e. The highest BCUT2D eigenvalue weighted by atomic mass is 19.1. The first kappa shape index (κ1) is 21.9. The van der Waals surface area contributed by atoms with Crippen LogP contribution in [0.4, 0.5) is 10.2 Å². The van der Waals surface area contributed by atoms with Crippen molar-refractivity contribution in [3.63, 3.8) is 0 Å². The predicted octanol–water partition coefficient (Wildman–Crippen LogP) is 4.44. The Hall–Kier alpha value is -4.60. The van der Waals surface area contributed by atoms with Gasteiger partial charge in [0, 0.05) is 30.1 Å². The van der Waals surface area contributed by atoms with Crippen molar-refractivity contribution < 1.29 is 14.2 Å². The molecular weight excluding hydrogens is 461 g/mol. The number of anilines is 1. The first-order valence-corrected chi connectivity index (χ1v) is 11.5. The van der Waals surface area contributed by atoms with E-state index in [-0.39, 0.29) is 11.8 Å². The summed E-state index contributed by atoms with van der Waals surface area (Å²) >= 11 is 0. The molecule has 5 aromatic rings. The number of hydrogen-bond acceptors (Lipinski definition) is 8. The molecule has 1 N–H and O–H groups in total. The van der Waals surface area contributed by atoms with E-state index in [0.29, 0.717) is 34.0 Å². The third kappa shape index (κ3) is 3.76. The average molecular weight is 484 g/mol. The summed E-state index contributed by atoms with van der Waals surface area (Å²) in [6.45, 7) is 0.766. The quantitative estimate of drug-likeness (QED) is 0.391. The zero-order valence-corrected chi connectivity index (χ0v) is 19.4. The highest BCUT2D eigenvalue weighted by Gasteiger charge is 2.31. The number of aromatic hydroxyl groups is 1. The van der Waals surface area contributed by atoms with Crippen molar-refractivity contribution in [1.82, 2.24) is 29.5 Å². The van der Waals surface area contributed by atoms with Gasteiger partial charge >= 0.3 is 0 Å². The number of nitrogens with zero attached hydrogens (tertiary/aromatic N) is 7. The normalized spacial score (nSPS) is 15.5. The third-order valence-corrected chi connectivity index (χ3v) is 6.43. The highest BCUT2D eigenvalue weighted by Crippen LogP contribution is 2.39. The molecule has 0 bridgehead atoms. The number of methoxy groups -OCH3 is 1. The van der Waals surface area contributed by atoms with Crippen molar-refractivity contribution in [2.45, 2.75) is 18.9 Å². The minimum atomic E-state index is -0.399. The van der Waals surface area contributed by atoms with Gasteiger partial charge < -0.3 is 14.7 Å². The summed E-state index contributed by atoms with van der Waals surface area (Å²) < 4.78 is 21.2. The molecule has 180 valence electrons. The van der Waals surface area contributed by atoms with Crippen LogP contribution in [-0.4, -0.2) is 48.3 Å². The van der Waals surface area contributed by atoms with Crippen LogP contribution in [0.5, 0.6) is 11.6 Å². The summed E-state index contributed by atoms with van der Waals surface area (Å²) in [6.07, 6.45) is 9.38. The maximum absolute atomic E-state index is 14.1. The monoisotopic (exact) mass is 483 g/mol. The Morgan fingerprint density at radius 3 is 2.81 bits per heavy atom. The van der Waals surface area contributed by atoms with Gasteiger partial charge in [0.1, 0.15) is 23.1 Å². The Labute approximate surface area is 205 Å². The summed E-state index contributed by atoms with van der Waals surface area (Å²) in [6, 6.07) is 10.7. The minimum Gasteiger partial charge on any atom is -0.506 e. The van der Waals surface area contributed by atoms with Gasteiger partial charge in [-0.2, -0.15) is 0 Å². The number of rotatable bonds is 5. The summed E-state index contributed by atoms with van der Waals surface area (Å²) in [7, 11) is 1.54. The maximum atomic E-state index is 14.1. The molecule has 10 heteroatoms. The largest absolute Gasteiger partial charge is 0.506 e. The van der Waals surface area contributed by atoms with E-state index in [1.165, 1.54) is 19.4 Å². The molecule has 5 aromatic heterocycles. The highest BCUT2D eigenvalue weighted by molar-refractivity contribution is 5.73. The van der Waals surface area contributed by atoms with Crippen LogP contribution in [0.3, 0.4) is 0 Å². The molecule has 0 radical (unpaired) electrons. The second kappa shape index (κ2) is 8.88. The Kier molecular flexibility index (Phi) is 5.40. The molecule has 6 heterocycles. The van der Waals surface area contributed by atoms with Crippen molar-refractivity contribution in [2.75, 3.05) is 18.6 Å². The minimum absolute atomic E-state index is 0.0931. The summed E-state index contributed by atoms with van der Waals surface area (Å²) in [5.41, 5.74) is 4.21. The lowest BCUT2D eigenvalue weighted by molar-refractivity contribution is 0.385. The molecule has 6 rings (SSSR count). The number of ether oxygens (including phenoxy) is 1. The third-order valence-electron chi connectivity index (χ3n) is 6.43. The molecule has 0 aromatic carbocycles. The van der Waals surface area contributed by atoms with Crippen LogP contribution in [0.15, 0.2) is 67.4 Å². The summed E-state index contributed by atoms with van der Waals surface area (Å²) in [5.74, 6) is 0.844. The smallest absolute Gasteiger partial charge is 0.218 e. The van der Waals surface area contributed by atoms with E-state index >= 15 is 0 Å². The van der Waals surface area contributed by atoms with Crippen LogP contribution in [0.1, 0.15) is 24.4 Å². The molecule has 0 unspecified atom stereocenters. The number of aromatic nitrogens is 6. The fraction of sp³-hybridized carbons (Fsp3) is 0.192.